The second kappa shape index (κ2) is 3.14. The number of benzene rings is 1. The molecule has 14 heavy (non-hydrogen) atoms. The first-order chi connectivity index (χ1) is 6.66. The van der Waals surface area contributed by atoms with Gasteiger partial charge in [0.05, 0.1) is 11.3 Å². The van der Waals surface area contributed by atoms with E-state index in [9.17, 15) is 4.39 Å². The zero-order valence-corrected chi connectivity index (χ0v) is 7.62. The van der Waals surface area contributed by atoms with E-state index in [2.05, 4.69) is 4.98 Å². The Morgan fingerprint density at radius 2 is 2.21 bits per heavy atom. The highest BCUT2D eigenvalue weighted by Gasteiger charge is 2.09. The third-order valence-electron chi connectivity index (χ3n) is 1.86. The van der Waals surface area contributed by atoms with Crippen molar-refractivity contribution in [1.29, 1.82) is 0 Å². The summed E-state index contributed by atoms with van der Waals surface area (Å²) >= 11 is 0. The lowest BCUT2D eigenvalue weighted by atomic mass is 10.2. The van der Waals surface area contributed by atoms with Crippen LogP contribution in [0.15, 0.2) is 28.9 Å². The van der Waals surface area contributed by atoms with E-state index in [0.717, 1.165) is 5.69 Å². The van der Waals surface area contributed by atoms with Gasteiger partial charge in [-0.25, -0.2) is 9.37 Å². The Morgan fingerprint density at radius 3 is 2.86 bits per heavy atom. The summed E-state index contributed by atoms with van der Waals surface area (Å²) in [6.45, 7) is 1.79. The molecule has 0 saturated carbocycles. The lowest BCUT2D eigenvalue weighted by molar-refractivity contribution is 0.572. The van der Waals surface area contributed by atoms with Crippen molar-refractivity contribution in [3.63, 3.8) is 0 Å². The molecule has 2 rings (SSSR count). The molecule has 0 fully saturated rings. The summed E-state index contributed by atoms with van der Waals surface area (Å²) in [5.41, 5.74) is 7.34. The number of nitrogen functional groups attached to an aromatic ring is 1. The summed E-state index contributed by atoms with van der Waals surface area (Å²) in [6, 6.07) is 4.10. The third kappa shape index (κ3) is 1.46. The number of rotatable bonds is 1. The topological polar surface area (TPSA) is 52.0 Å². The summed E-state index contributed by atoms with van der Waals surface area (Å²) in [5, 5.41) is 0. The molecule has 2 aromatic rings. The van der Waals surface area contributed by atoms with Gasteiger partial charge in [0.15, 0.2) is 0 Å². The number of oxazole rings is 1. The van der Waals surface area contributed by atoms with E-state index in [4.69, 9.17) is 10.2 Å². The van der Waals surface area contributed by atoms with Crippen LogP contribution in [0.5, 0.6) is 0 Å². The van der Waals surface area contributed by atoms with E-state index in [1.54, 1.807) is 6.92 Å². The average Bonchev–Trinajstić information content (AvgIpc) is 2.56. The highest BCUT2D eigenvalue weighted by Crippen LogP contribution is 2.25. The first-order valence-electron chi connectivity index (χ1n) is 4.14. The molecule has 1 aromatic heterocycles. The SMILES string of the molecule is Cc1coc(-c2cc(F)ccc2N)n1. The fourth-order valence-corrected chi connectivity index (χ4v) is 1.19. The molecule has 0 saturated heterocycles. The monoisotopic (exact) mass is 192 g/mol. The standard InChI is InChI=1S/C10H9FN2O/c1-6-5-14-10(13-6)8-4-7(11)2-3-9(8)12/h2-5H,12H2,1H3. The molecule has 0 aliphatic heterocycles. The predicted molar refractivity (Wildman–Crippen MR) is 51.0 cm³/mol. The molecular formula is C10H9FN2O. The molecule has 2 N–H and O–H groups in total. The van der Waals surface area contributed by atoms with Gasteiger partial charge < -0.3 is 10.2 Å². The number of nitrogens with zero attached hydrogens (tertiary/aromatic N) is 1. The van der Waals surface area contributed by atoms with Crippen LogP contribution in [-0.2, 0) is 0 Å². The lowest BCUT2D eigenvalue weighted by Gasteiger charge is -2.00. The maximum Gasteiger partial charge on any atom is 0.228 e. The number of halogens is 1. The predicted octanol–water partition coefficient (Wildman–Crippen LogP) is 2.37. The number of hydrogen-bond donors (Lipinski definition) is 1. The van der Waals surface area contributed by atoms with Gasteiger partial charge in [0.25, 0.3) is 0 Å². The first-order valence-corrected chi connectivity index (χ1v) is 4.14. The molecule has 3 nitrogen and oxygen atoms in total. The molecule has 0 aliphatic rings. The minimum Gasteiger partial charge on any atom is -0.444 e. The average molecular weight is 192 g/mol. The smallest absolute Gasteiger partial charge is 0.228 e. The van der Waals surface area contributed by atoms with Crippen molar-refractivity contribution in [3.8, 4) is 11.5 Å². The van der Waals surface area contributed by atoms with Gasteiger partial charge >= 0.3 is 0 Å². The quantitative estimate of drug-likeness (QED) is 0.705. The lowest BCUT2D eigenvalue weighted by Crippen LogP contribution is -1.91. The summed E-state index contributed by atoms with van der Waals surface area (Å²) < 4.78 is 18.0. The van der Waals surface area contributed by atoms with Crippen molar-refractivity contribution in [1.82, 2.24) is 4.98 Å². The van der Waals surface area contributed by atoms with Gasteiger partial charge in [-0.2, -0.15) is 0 Å². The van der Waals surface area contributed by atoms with Gasteiger partial charge in [0.1, 0.15) is 12.1 Å². The molecule has 0 amide bonds. The first kappa shape index (κ1) is 8.74. The summed E-state index contributed by atoms with van der Waals surface area (Å²) in [6.07, 6.45) is 1.50. The van der Waals surface area contributed by atoms with Gasteiger partial charge in [-0.05, 0) is 25.1 Å². The Kier molecular flexibility index (Phi) is 1.96. The van der Waals surface area contributed by atoms with E-state index in [-0.39, 0.29) is 5.82 Å². The highest BCUT2D eigenvalue weighted by molar-refractivity contribution is 5.70. The van der Waals surface area contributed by atoms with E-state index >= 15 is 0 Å². The van der Waals surface area contributed by atoms with Crippen LogP contribution >= 0.6 is 0 Å². The van der Waals surface area contributed by atoms with Crippen LogP contribution in [0, 0.1) is 12.7 Å². The maximum absolute atomic E-state index is 12.9. The Morgan fingerprint density at radius 1 is 1.43 bits per heavy atom. The van der Waals surface area contributed by atoms with Crippen molar-refractivity contribution in [2.45, 2.75) is 6.92 Å². The van der Waals surface area contributed by atoms with E-state index in [1.807, 2.05) is 0 Å². The number of nitrogens with two attached hydrogens (primary N) is 1. The summed E-state index contributed by atoms with van der Waals surface area (Å²) in [7, 11) is 0. The number of anilines is 1. The molecule has 0 spiro atoms. The fraction of sp³-hybridized carbons (Fsp3) is 0.100. The number of aromatic nitrogens is 1. The van der Waals surface area contributed by atoms with Crippen LogP contribution in [0.25, 0.3) is 11.5 Å². The van der Waals surface area contributed by atoms with Crippen molar-refractivity contribution in [2.24, 2.45) is 0 Å². The van der Waals surface area contributed by atoms with Gasteiger partial charge in [-0.15, -0.1) is 0 Å². The Bertz CT molecular complexity index is 465. The zero-order chi connectivity index (χ0) is 10.1. The molecule has 1 heterocycles. The molecule has 0 atom stereocenters. The van der Waals surface area contributed by atoms with E-state index in [0.29, 0.717) is 17.1 Å². The van der Waals surface area contributed by atoms with Gasteiger partial charge in [0.2, 0.25) is 5.89 Å². The maximum atomic E-state index is 12.9. The van der Waals surface area contributed by atoms with Crippen molar-refractivity contribution >= 4 is 5.69 Å². The minimum atomic E-state index is -0.356. The second-order valence-electron chi connectivity index (χ2n) is 3.03. The molecule has 0 radical (unpaired) electrons. The molecule has 72 valence electrons. The van der Waals surface area contributed by atoms with Crippen LogP contribution < -0.4 is 5.73 Å². The van der Waals surface area contributed by atoms with Gasteiger partial charge in [-0.3, -0.25) is 0 Å². The highest BCUT2D eigenvalue weighted by atomic mass is 19.1. The molecule has 4 heteroatoms. The minimum absolute atomic E-state index is 0.347. The Labute approximate surface area is 80.4 Å². The van der Waals surface area contributed by atoms with Crippen LogP contribution in [0.1, 0.15) is 5.69 Å². The van der Waals surface area contributed by atoms with E-state index in [1.165, 1.54) is 24.5 Å². The number of hydrogen-bond acceptors (Lipinski definition) is 3. The molecule has 0 unspecified atom stereocenters. The van der Waals surface area contributed by atoms with Gasteiger partial charge in [0, 0.05) is 5.69 Å². The molecular weight excluding hydrogens is 183 g/mol. The van der Waals surface area contributed by atoms with Crippen molar-refractivity contribution in [2.75, 3.05) is 5.73 Å². The largest absolute Gasteiger partial charge is 0.444 e. The van der Waals surface area contributed by atoms with Crippen LogP contribution in [0.4, 0.5) is 10.1 Å². The molecule has 0 bridgehead atoms. The van der Waals surface area contributed by atoms with Crippen molar-refractivity contribution < 1.29 is 8.81 Å². The normalized spacial score (nSPS) is 10.4. The fourth-order valence-electron chi connectivity index (χ4n) is 1.19. The summed E-state index contributed by atoms with van der Waals surface area (Å²) in [5.74, 6) is -0.00967. The molecule has 1 aromatic carbocycles. The second-order valence-corrected chi connectivity index (χ2v) is 3.03. The van der Waals surface area contributed by atoms with Crippen LogP contribution in [0.3, 0.4) is 0 Å². The Hall–Kier alpha value is -1.84. The molecule has 0 aliphatic carbocycles. The van der Waals surface area contributed by atoms with Crippen LogP contribution in [0.2, 0.25) is 0 Å². The number of aryl methyl sites for hydroxylation is 1. The van der Waals surface area contributed by atoms with Crippen LogP contribution in [-0.4, -0.2) is 4.98 Å². The van der Waals surface area contributed by atoms with E-state index < -0.39 is 0 Å². The van der Waals surface area contributed by atoms with Gasteiger partial charge in [-0.1, -0.05) is 0 Å². The summed E-state index contributed by atoms with van der Waals surface area (Å²) in [4.78, 5) is 4.07. The third-order valence-corrected chi connectivity index (χ3v) is 1.86. The zero-order valence-electron chi connectivity index (χ0n) is 7.62. The van der Waals surface area contributed by atoms with Crippen molar-refractivity contribution in [3.05, 3.63) is 36.0 Å². The Balaban J connectivity index is 2.55.